The quantitative estimate of drug-likeness (QED) is 0.650. The number of benzene rings is 1. The standard InChI is InChI=1S/C14H13N3O2/c1-10(11-5-4-8-15-9-11)16-17-13-7-3-2-6-12(13)14(18)19/h2-9,17H,1H3,(H,18,19)/b16-10+. The molecule has 1 aromatic carbocycles. The van der Waals surface area contributed by atoms with Gasteiger partial charge in [0.25, 0.3) is 0 Å². The Morgan fingerprint density at radius 2 is 2.05 bits per heavy atom. The molecule has 0 saturated heterocycles. The van der Waals surface area contributed by atoms with E-state index in [0.717, 1.165) is 11.3 Å². The van der Waals surface area contributed by atoms with Crippen LogP contribution < -0.4 is 5.43 Å². The van der Waals surface area contributed by atoms with Gasteiger partial charge in [0.2, 0.25) is 0 Å². The van der Waals surface area contributed by atoms with Crippen molar-refractivity contribution in [3.8, 4) is 0 Å². The molecule has 1 aromatic heterocycles. The molecule has 5 heteroatoms. The van der Waals surface area contributed by atoms with Crippen LogP contribution >= 0.6 is 0 Å². The smallest absolute Gasteiger partial charge is 0.337 e. The molecule has 2 aromatic rings. The fourth-order valence-electron chi connectivity index (χ4n) is 1.55. The maximum Gasteiger partial charge on any atom is 0.337 e. The molecule has 0 saturated carbocycles. The van der Waals surface area contributed by atoms with Crippen molar-refractivity contribution in [2.75, 3.05) is 5.43 Å². The molecule has 0 unspecified atom stereocenters. The van der Waals surface area contributed by atoms with Gasteiger partial charge in [0, 0.05) is 18.0 Å². The van der Waals surface area contributed by atoms with E-state index in [9.17, 15) is 4.79 Å². The molecule has 2 N–H and O–H groups in total. The van der Waals surface area contributed by atoms with Gasteiger partial charge in [-0.25, -0.2) is 4.79 Å². The molecule has 0 fully saturated rings. The number of aromatic carboxylic acids is 1. The lowest BCUT2D eigenvalue weighted by molar-refractivity contribution is 0.0698. The van der Waals surface area contributed by atoms with Gasteiger partial charge < -0.3 is 5.11 Å². The monoisotopic (exact) mass is 255 g/mol. The van der Waals surface area contributed by atoms with Gasteiger partial charge in [0.15, 0.2) is 0 Å². The molecule has 0 aliphatic rings. The lowest BCUT2D eigenvalue weighted by atomic mass is 10.2. The van der Waals surface area contributed by atoms with Crippen LogP contribution in [0.3, 0.4) is 0 Å². The average molecular weight is 255 g/mol. The molecular weight excluding hydrogens is 242 g/mol. The largest absolute Gasteiger partial charge is 0.478 e. The summed E-state index contributed by atoms with van der Waals surface area (Å²) in [7, 11) is 0. The Labute approximate surface area is 110 Å². The van der Waals surface area contributed by atoms with E-state index >= 15 is 0 Å². The molecule has 0 aliphatic heterocycles. The maximum absolute atomic E-state index is 11.0. The Morgan fingerprint density at radius 1 is 1.26 bits per heavy atom. The molecular formula is C14H13N3O2. The van der Waals surface area contributed by atoms with Crippen LogP contribution in [0.5, 0.6) is 0 Å². The molecule has 19 heavy (non-hydrogen) atoms. The Kier molecular flexibility index (Phi) is 3.87. The number of carbonyl (C=O) groups is 1. The van der Waals surface area contributed by atoms with Crippen molar-refractivity contribution in [3.05, 3.63) is 59.9 Å². The van der Waals surface area contributed by atoms with Crippen LogP contribution in [0.2, 0.25) is 0 Å². The Bertz CT molecular complexity index is 609. The highest BCUT2D eigenvalue weighted by molar-refractivity contribution is 5.99. The van der Waals surface area contributed by atoms with Crippen LogP contribution in [0, 0.1) is 0 Å². The molecule has 96 valence electrons. The summed E-state index contributed by atoms with van der Waals surface area (Å²) in [4.78, 5) is 15.0. The molecule has 0 atom stereocenters. The van der Waals surface area contributed by atoms with Crippen molar-refractivity contribution in [2.45, 2.75) is 6.92 Å². The van der Waals surface area contributed by atoms with Crippen molar-refractivity contribution in [3.63, 3.8) is 0 Å². The van der Waals surface area contributed by atoms with Crippen LogP contribution in [0.1, 0.15) is 22.8 Å². The average Bonchev–Trinajstić information content (AvgIpc) is 2.46. The zero-order chi connectivity index (χ0) is 13.7. The van der Waals surface area contributed by atoms with Crippen molar-refractivity contribution < 1.29 is 9.90 Å². The lowest BCUT2D eigenvalue weighted by Crippen LogP contribution is -2.04. The Balaban J connectivity index is 2.21. The van der Waals surface area contributed by atoms with E-state index in [0.29, 0.717) is 5.69 Å². The number of hydrogen-bond donors (Lipinski definition) is 2. The highest BCUT2D eigenvalue weighted by Gasteiger charge is 2.08. The summed E-state index contributed by atoms with van der Waals surface area (Å²) < 4.78 is 0. The van der Waals surface area contributed by atoms with E-state index in [-0.39, 0.29) is 5.56 Å². The van der Waals surface area contributed by atoms with E-state index in [1.165, 1.54) is 6.07 Å². The van der Waals surface area contributed by atoms with Gasteiger partial charge >= 0.3 is 5.97 Å². The van der Waals surface area contributed by atoms with E-state index in [1.807, 2.05) is 19.1 Å². The van der Waals surface area contributed by atoms with Crippen LogP contribution in [0.25, 0.3) is 0 Å². The number of hydrazone groups is 1. The number of nitrogens with zero attached hydrogens (tertiary/aromatic N) is 2. The zero-order valence-electron chi connectivity index (χ0n) is 10.4. The molecule has 0 bridgehead atoms. The first-order valence-corrected chi connectivity index (χ1v) is 5.71. The highest BCUT2D eigenvalue weighted by atomic mass is 16.4. The number of para-hydroxylation sites is 1. The first kappa shape index (κ1) is 12.8. The Hall–Kier alpha value is -2.69. The minimum atomic E-state index is -0.989. The third kappa shape index (κ3) is 3.16. The van der Waals surface area contributed by atoms with Gasteiger partial charge in [-0.1, -0.05) is 18.2 Å². The number of rotatable bonds is 4. The molecule has 0 aliphatic carbocycles. The third-order valence-corrected chi connectivity index (χ3v) is 2.58. The van der Waals surface area contributed by atoms with Crippen molar-refractivity contribution in [1.82, 2.24) is 4.98 Å². The number of nitrogens with one attached hydrogen (secondary N) is 1. The van der Waals surface area contributed by atoms with Gasteiger partial charge in [-0.2, -0.15) is 5.10 Å². The molecule has 0 radical (unpaired) electrons. The van der Waals surface area contributed by atoms with Crippen LogP contribution in [-0.2, 0) is 0 Å². The van der Waals surface area contributed by atoms with Crippen LogP contribution in [0.4, 0.5) is 5.69 Å². The van der Waals surface area contributed by atoms with E-state index in [4.69, 9.17) is 5.11 Å². The molecule has 2 rings (SSSR count). The summed E-state index contributed by atoms with van der Waals surface area (Å²) in [5.74, 6) is -0.989. The predicted octanol–water partition coefficient (Wildman–Crippen LogP) is 2.62. The normalized spacial score (nSPS) is 11.1. The summed E-state index contributed by atoms with van der Waals surface area (Å²) in [6.45, 7) is 1.83. The number of anilines is 1. The molecule has 0 amide bonds. The lowest BCUT2D eigenvalue weighted by Gasteiger charge is -2.06. The fraction of sp³-hybridized carbons (Fsp3) is 0.0714. The third-order valence-electron chi connectivity index (χ3n) is 2.58. The zero-order valence-corrected chi connectivity index (χ0v) is 10.4. The van der Waals surface area contributed by atoms with Crippen LogP contribution in [-0.4, -0.2) is 21.8 Å². The number of aromatic nitrogens is 1. The molecule has 1 heterocycles. The second-order valence-corrected chi connectivity index (χ2v) is 3.90. The van der Waals surface area contributed by atoms with Gasteiger partial charge in [0.05, 0.1) is 17.0 Å². The first-order chi connectivity index (χ1) is 9.18. The van der Waals surface area contributed by atoms with Crippen molar-refractivity contribution in [2.24, 2.45) is 5.10 Å². The van der Waals surface area contributed by atoms with Gasteiger partial charge in [-0.15, -0.1) is 0 Å². The van der Waals surface area contributed by atoms with E-state index in [1.54, 1.807) is 30.6 Å². The highest BCUT2D eigenvalue weighted by Crippen LogP contribution is 2.15. The Morgan fingerprint density at radius 3 is 2.74 bits per heavy atom. The van der Waals surface area contributed by atoms with Gasteiger partial charge in [-0.05, 0) is 25.1 Å². The van der Waals surface area contributed by atoms with Crippen molar-refractivity contribution in [1.29, 1.82) is 0 Å². The summed E-state index contributed by atoms with van der Waals surface area (Å²) >= 11 is 0. The SMILES string of the molecule is C/C(=N\Nc1ccccc1C(=O)O)c1cccnc1. The van der Waals surface area contributed by atoms with E-state index in [2.05, 4.69) is 15.5 Å². The predicted molar refractivity (Wildman–Crippen MR) is 73.5 cm³/mol. The van der Waals surface area contributed by atoms with Gasteiger partial charge in [-0.3, -0.25) is 10.4 Å². The maximum atomic E-state index is 11.0. The van der Waals surface area contributed by atoms with Gasteiger partial charge in [0.1, 0.15) is 0 Å². The van der Waals surface area contributed by atoms with Crippen LogP contribution in [0.15, 0.2) is 53.9 Å². The molecule has 5 nitrogen and oxygen atoms in total. The number of pyridine rings is 1. The van der Waals surface area contributed by atoms with E-state index < -0.39 is 5.97 Å². The van der Waals surface area contributed by atoms with Crippen molar-refractivity contribution >= 4 is 17.4 Å². The minimum absolute atomic E-state index is 0.185. The number of carboxylic acids is 1. The fourth-order valence-corrected chi connectivity index (χ4v) is 1.55. The topological polar surface area (TPSA) is 74.6 Å². The minimum Gasteiger partial charge on any atom is -0.478 e. The number of carboxylic acid groups (broad SMARTS) is 1. The summed E-state index contributed by atoms with van der Waals surface area (Å²) in [6.07, 6.45) is 3.38. The second-order valence-electron chi connectivity index (χ2n) is 3.90. The summed E-state index contributed by atoms with van der Waals surface area (Å²) in [6, 6.07) is 10.3. The second kappa shape index (κ2) is 5.77. The molecule has 0 spiro atoms. The number of hydrogen-bond acceptors (Lipinski definition) is 4. The first-order valence-electron chi connectivity index (χ1n) is 5.71. The summed E-state index contributed by atoms with van der Waals surface area (Å²) in [5.41, 5.74) is 5.02. The summed E-state index contributed by atoms with van der Waals surface area (Å²) in [5, 5.41) is 13.2.